The Bertz CT molecular complexity index is 2300. The zero-order chi connectivity index (χ0) is 28.3. The van der Waals surface area contributed by atoms with Gasteiger partial charge in [0, 0.05) is 36.9 Å². The average molecular weight is 569 g/mol. The van der Waals surface area contributed by atoms with Gasteiger partial charge in [0.25, 0.3) is 0 Å². The number of hydrogen-bond acceptors (Lipinski definition) is 3. The molecule has 0 fully saturated rings. The maximum Gasteiger partial charge on any atom is 0.0975 e. The quantitative estimate of drug-likeness (QED) is 0.212. The van der Waals surface area contributed by atoms with Crippen LogP contribution in [0.3, 0.4) is 0 Å². The second kappa shape index (κ2) is 9.86. The van der Waals surface area contributed by atoms with Crippen molar-refractivity contribution in [1.82, 2.24) is 9.97 Å². The summed E-state index contributed by atoms with van der Waals surface area (Å²) in [5, 5.41) is 2.66. The van der Waals surface area contributed by atoms with Crippen molar-refractivity contribution >= 4 is 54.7 Å². The summed E-state index contributed by atoms with van der Waals surface area (Å²) in [6, 6.07) is 33.1. The molecule has 0 unspecified atom stereocenters. The van der Waals surface area contributed by atoms with Crippen LogP contribution in [0.5, 0.6) is 0 Å². The number of benzene rings is 5. The van der Waals surface area contributed by atoms with Crippen LogP contribution in [-0.4, -0.2) is 9.97 Å². The normalized spacial score (nSPS) is 14.0. The first-order chi connectivity index (χ1) is 21.3. The maximum atomic E-state index is 5.28. The van der Waals surface area contributed by atoms with E-state index in [1.165, 1.54) is 64.7 Å². The fourth-order valence-electron chi connectivity index (χ4n) is 7.01. The molecular formula is C40H28N2S. The zero-order valence-electron chi connectivity index (χ0n) is 23.7. The summed E-state index contributed by atoms with van der Waals surface area (Å²) in [4.78, 5) is 10.3. The SMILES string of the molecule is C1=Cc2c(c3c(c4nc(-c5cccc(-c6cccc(-c7cccc8c7sc7ccccc78)c6)c5)cnc24)C=CCC3)CC1. The van der Waals surface area contributed by atoms with Crippen molar-refractivity contribution in [3.63, 3.8) is 0 Å². The number of allylic oxidation sites excluding steroid dienone is 2. The van der Waals surface area contributed by atoms with Gasteiger partial charge in [0.15, 0.2) is 0 Å². The second-order valence-corrected chi connectivity index (χ2v) is 12.6. The van der Waals surface area contributed by atoms with Crippen LogP contribution in [0.2, 0.25) is 0 Å². The minimum absolute atomic E-state index is 0.918. The van der Waals surface area contributed by atoms with E-state index in [0.717, 1.165) is 48.0 Å². The Labute approximate surface area is 254 Å². The van der Waals surface area contributed by atoms with Crippen LogP contribution in [0.15, 0.2) is 109 Å². The van der Waals surface area contributed by atoms with Crippen molar-refractivity contribution in [2.75, 3.05) is 0 Å². The molecule has 0 N–H and O–H groups in total. The molecule has 3 heteroatoms. The van der Waals surface area contributed by atoms with E-state index >= 15 is 0 Å². The molecule has 5 aromatic carbocycles. The molecule has 0 aliphatic heterocycles. The Hall–Kier alpha value is -4.86. The molecular weight excluding hydrogens is 541 g/mol. The lowest BCUT2D eigenvalue weighted by atomic mass is 9.84. The highest BCUT2D eigenvalue weighted by molar-refractivity contribution is 7.26. The summed E-state index contributed by atoms with van der Waals surface area (Å²) < 4.78 is 2.68. The topological polar surface area (TPSA) is 25.8 Å². The van der Waals surface area contributed by atoms with Crippen LogP contribution >= 0.6 is 11.3 Å². The number of fused-ring (bicyclic) bond motifs is 9. The lowest BCUT2D eigenvalue weighted by Crippen LogP contribution is -2.08. The van der Waals surface area contributed by atoms with E-state index in [1.54, 1.807) is 0 Å². The molecule has 2 aliphatic carbocycles. The van der Waals surface area contributed by atoms with E-state index in [0.29, 0.717) is 0 Å². The summed E-state index contributed by atoms with van der Waals surface area (Å²) in [5.41, 5.74) is 14.5. The summed E-state index contributed by atoms with van der Waals surface area (Å²) >= 11 is 1.88. The average Bonchev–Trinajstić information content (AvgIpc) is 3.47. The van der Waals surface area contributed by atoms with Crippen molar-refractivity contribution in [2.24, 2.45) is 0 Å². The maximum absolute atomic E-state index is 5.28. The Kier molecular flexibility index (Phi) is 5.67. The third-order valence-corrected chi connectivity index (χ3v) is 10.3. The van der Waals surface area contributed by atoms with Crippen LogP contribution in [0.25, 0.3) is 76.9 Å². The Morgan fingerprint density at radius 2 is 1.23 bits per heavy atom. The molecule has 2 heterocycles. The highest BCUT2D eigenvalue weighted by atomic mass is 32.1. The fraction of sp³-hybridized carbons (Fsp3) is 0.100. The summed E-state index contributed by atoms with van der Waals surface area (Å²) in [6.45, 7) is 0. The van der Waals surface area contributed by atoms with Gasteiger partial charge >= 0.3 is 0 Å². The van der Waals surface area contributed by atoms with Crippen LogP contribution in [0.4, 0.5) is 0 Å². The molecule has 0 amide bonds. The number of thiophene rings is 1. The molecule has 43 heavy (non-hydrogen) atoms. The molecule has 2 nitrogen and oxygen atoms in total. The first-order valence-electron chi connectivity index (χ1n) is 15.1. The monoisotopic (exact) mass is 568 g/mol. The predicted octanol–water partition coefficient (Wildman–Crippen LogP) is 10.9. The first kappa shape index (κ1) is 24.7. The first-order valence-corrected chi connectivity index (χ1v) is 15.9. The van der Waals surface area contributed by atoms with Crippen LogP contribution < -0.4 is 0 Å². The summed E-state index contributed by atoms with van der Waals surface area (Å²) in [7, 11) is 0. The predicted molar refractivity (Wildman–Crippen MR) is 183 cm³/mol. The van der Waals surface area contributed by atoms with Crippen LogP contribution in [-0.2, 0) is 12.8 Å². The largest absolute Gasteiger partial charge is 0.252 e. The van der Waals surface area contributed by atoms with E-state index in [4.69, 9.17) is 9.97 Å². The number of aromatic nitrogens is 2. The van der Waals surface area contributed by atoms with E-state index in [2.05, 4.69) is 115 Å². The summed E-state index contributed by atoms with van der Waals surface area (Å²) in [6.07, 6.45) is 15.5. The van der Waals surface area contributed by atoms with Crippen LogP contribution in [0, 0.1) is 0 Å². The van der Waals surface area contributed by atoms with Gasteiger partial charge in [-0.2, -0.15) is 0 Å². The number of nitrogens with zero attached hydrogens (tertiary/aromatic N) is 2. The van der Waals surface area contributed by atoms with E-state index in [9.17, 15) is 0 Å². The van der Waals surface area contributed by atoms with Gasteiger partial charge in [0.1, 0.15) is 0 Å². The van der Waals surface area contributed by atoms with Gasteiger partial charge in [-0.15, -0.1) is 11.3 Å². The molecule has 7 aromatic rings. The highest BCUT2D eigenvalue weighted by Gasteiger charge is 2.22. The molecule has 204 valence electrons. The van der Waals surface area contributed by atoms with Gasteiger partial charge in [-0.25, -0.2) is 4.98 Å². The zero-order valence-corrected chi connectivity index (χ0v) is 24.5. The van der Waals surface area contributed by atoms with Crippen molar-refractivity contribution in [3.8, 4) is 33.5 Å². The van der Waals surface area contributed by atoms with Crippen LogP contribution in [0.1, 0.15) is 35.1 Å². The molecule has 9 rings (SSSR count). The Balaban J connectivity index is 1.14. The Morgan fingerprint density at radius 1 is 0.581 bits per heavy atom. The van der Waals surface area contributed by atoms with Gasteiger partial charge in [0.2, 0.25) is 0 Å². The third-order valence-electron chi connectivity index (χ3n) is 9.06. The van der Waals surface area contributed by atoms with Crippen molar-refractivity contribution < 1.29 is 0 Å². The molecule has 0 bridgehead atoms. The number of rotatable bonds is 3. The molecule has 0 saturated carbocycles. The summed E-state index contributed by atoms with van der Waals surface area (Å²) in [5.74, 6) is 0. The van der Waals surface area contributed by atoms with E-state index in [1.807, 2.05) is 17.5 Å². The van der Waals surface area contributed by atoms with Gasteiger partial charge in [-0.05, 0) is 77.3 Å². The molecule has 0 saturated heterocycles. The fourth-order valence-corrected chi connectivity index (χ4v) is 8.25. The highest BCUT2D eigenvalue weighted by Crippen LogP contribution is 2.41. The van der Waals surface area contributed by atoms with Crippen molar-refractivity contribution in [2.45, 2.75) is 25.7 Å². The van der Waals surface area contributed by atoms with E-state index < -0.39 is 0 Å². The van der Waals surface area contributed by atoms with Gasteiger partial charge in [0.05, 0.1) is 22.9 Å². The molecule has 2 aromatic heterocycles. The van der Waals surface area contributed by atoms with Crippen molar-refractivity contribution in [3.05, 3.63) is 132 Å². The van der Waals surface area contributed by atoms with E-state index in [-0.39, 0.29) is 0 Å². The Morgan fingerprint density at radius 3 is 2.05 bits per heavy atom. The second-order valence-electron chi connectivity index (χ2n) is 11.6. The lowest BCUT2D eigenvalue weighted by Gasteiger charge is -2.22. The standard InChI is InChI=1S/C40H28N2S/c1-3-17-33-30(14-1)31-15-2-4-18-34(31)39-38(33)41-24-36(42-39)28-13-8-11-26(23-28)25-10-7-12-27(22-25)29-19-9-20-35-32-16-5-6-21-37(32)43-40(29)35/h3-13,16-24H,1-2,14-15H2. The smallest absolute Gasteiger partial charge is 0.0975 e. The van der Waals surface area contributed by atoms with Gasteiger partial charge in [-0.1, -0.05) is 97.1 Å². The molecule has 0 radical (unpaired) electrons. The molecule has 0 atom stereocenters. The van der Waals surface area contributed by atoms with Crippen molar-refractivity contribution in [1.29, 1.82) is 0 Å². The minimum Gasteiger partial charge on any atom is -0.252 e. The van der Waals surface area contributed by atoms with Gasteiger partial charge in [-0.3, -0.25) is 4.98 Å². The van der Waals surface area contributed by atoms with Gasteiger partial charge < -0.3 is 0 Å². The molecule has 0 spiro atoms. The minimum atomic E-state index is 0.918. The molecule has 2 aliphatic rings. The number of hydrogen-bond donors (Lipinski definition) is 0. The third kappa shape index (κ3) is 4.00. The lowest BCUT2D eigenvalue weighted by molar-refractivity contribution is 0.908.